The molecule has 0 radical (unpaired) electrons. The van der Waals surface area contributed by atoms with Gasteiger partial charge in [-0.2, -0.15) is 5.10 Å². The maximum absolute atomic E-state index is 12.4. The zero-order chi connectivity index (χ0) is 17.3. The lowest BCUT2D eigenvalue weighted by Gasteiger charge is -2.12. The molecule has 126 valence electrons. The molecule has 3 aromatic heterocycles. The Kier molecular flexibility index (Phi) is 4.40. The lowest BCUT2D eigenvalue weighted by atomic mass is 10.3. The number of nitro groups is 1. The second-order valence-corrected chi connectivity index (χ2v) is 6.43. The Balaban J connectivity index is 1.77. The molecule has 0 spiro atoms. The number of aliphatic hydroxyl groups excluding tert-OH is 1. The van der Waals surface area contributed by atoms with Gasteiger partial charge in [0.05, 0.1) is 35.8 Å². The first-order chi connectivity index (χ1) is 11.5. The molecule has 3 aromatic rings. The van der Waals surface area contributed by atoms with Crippen molar-refractivity contribution in [1.82, 2.24) is 19.3 Å². The Bertz CT molecular complexity index is 944. The predicted molar refractivity (Wildman–Crippen MR) is 88.1 cm³/mol. The van der Waals surface area contributed by atoms with Crippen LogP contribution in [0.4, 0.5) is 5.69 Å². The zero-order valence-electron chi connectivity index (χ0n) is 12.8. The molecule has 1 unspecified atom stereocenters. The quantitative estimate of drug-likeness (QED) is 0.528. The van der Waals surface area contributed by atoms with E-state index < -0.39 is 11.0 Å². The minimum Gasteiger partial charge on any atom is -0.389 e. The first kappa shape index (κ1) is 16.3. The van der Waals surface area contributed by atoms with Crippen molar-refractivity contribution < 1.29 is 10.0 Å². The van der Waals surface area contributed by atoms with Crippen LogP contribution < -0.4 is 5.56 Å². The van der Waals surface area contributed by atoms with Crippen LogP contribution in [0.1, 0.15) is 11.8 Å². The number of hydrogen-bond donors (Lipinski definition) is 1. The fraction of sp³-hybridized carbons (Fsp3) is 0.357. The maximum atomic E-state index is 12.4. The van der Waals surface area contributed by atoms with Crippen molar-refractivity contribution in [3.8, 4) is 0 Å². The summed E-state index contributed by atoms with van der Waals surface area (Å²) in [6.07, 6.45) is 3.67. The van der Waals surface area contributed by atoms with E-state index in [0.717, 1.165) is 17.5 Å². The van der Waals surface area contributed by atoms with Gasteiger partial charge in [-0.15, -0.1) is 11.3 Å². The van der Waals surface area contributed by atoms with Crippen LogP contribution in [0.2, 0.25) is 0 Å². The van der Waals surface area contributed by atoms with Crippen LogP contribution in [-0.2, 0) is 19.5 Å². The summed E-state index contributed by atoms with van der Waals surface area (Å²) >= 11 is 1.48. The second-order valence-electron chi connectivity index (χ2n) is 5.32. The largest absolute Gasteiger partial charge is 0.389 e. The molecule has 1 atom stereocenters. The molecular weight excluding hydrogens is 334 g/mol. The highest BCUT2D eigenvalue weighted by Gasteiger charge is 2.14. The van der Waals surface area contributed by atoms with Crippen molar-refractivity contribution in [3.63, 3.8) is 0 Å². The van der Waals surface area contributed by atoms with Crippen molar-refractivity contribution in [2.24, 2.45) is 0 Å². The summed E-state index contributed by atoms with van der Waals surface area (Å²) < 4.78 is 2.62. The van der Waals surface area contributed by atoms with Gasteiger partial charge in [-0.25, -0.2) is 4.98 Å². The number of fused-ring (bicyclic) bond motifs is 1. The van der Waals surface area contributed by atoms with Gasteiger partial charge in [-0.1, -0.05) is 6.92 Å². The van der Waals surface area contributed by atoms with Gasteiger partial charge in [-0.05, 0) is 12.5 Å². The van der Waals surface area contributed by atoms with Crippen molar-refractivity contribution in [3.05, 3.63) is 50.1 Å². The SMILES string of the molecule is CCc1cc2c(=O)n(CC(O)Cn3cc([N+](=O)[O-])cn3)cnc2s1. The molecule has 24 heavy (non-hydrogen) atoms. The van der Waals surface area contributed by atoms with E-state index in [9.17, 15) is 20.0 Å². The molecule has 0 bridgehead atoms. The standard InChI is InChI=1S/C14H15N5O4S/c1-2-11-3-12-13(24-11)15-8-17(14(12)21)6-10(20)7-18-5-9(4-16-18)19(22)23/h3-5,8,10,20H,2,6-7H2,1H3. The van der Waals surface area contributed by atoms with Gasteiger partial charge < -0.3 is 5.11 Å². The third-order valence-corrected chi connectivity index (χ3v) is 4.74. The minimum atomic E-state index is -0.925. The summed E-state index contributed by atoms with van der Waals surface area (Å²) in [5.74, 6) is 0. The van der Waals surface area contributed by atoms with Gasteiger partial charge >= 0.3 is 5.69 Å². The molecule has 10 heteroatoms. The number of aliphatic hydroxyl groups is 1. The van der Waals surface area contributed by atoms with Crippen molar-refractivity contribution in [2.45, 2.75) is 32.5 Å². The molecule has 0 saturated heterocycles. The van der Waals surface area contributed by atoms with Crippen LogP contribution in [-0.4, -0.2) is 35.5 Å². The Morgan fingerprint density at radius 2 is 2.25 bits per heavy atom. The number of aryl methyl sites for hydroxylation is 1. The van der Waals surface area contributed by atoms with Gasteiger partial charge in [-0.3, -0.25) is 24.2 Å². The molecule has 3 rings (SSSR count). The molecule has 3 heterocycles. The summed E-state index contributed by atoms with van der Waals surface area (Å²) in [4.78, 5) is 28.5. The highest BCUT2D eigenvalue weighted by Crippen LogP contribution is 2.21. The Labute approximate surface area is 140 Å². The summed E-state index contributed by atoms with van der Waals surface area (Å²) in [7, 11) is 0. The molecule has 0 aliphatic heterocycles. The first-order valence-electron chi connectivity index (χ1n) is 7.30. The van der Waals surface area contributed by atoms with E-state index in [4.69, 9.17) is 0 Å². The Hall–Kier alpha value is -2.59. The summed E-state index contributed by atoms with van der Waals surface area (Å²) in [6, 6.07) is 1.83. The van der Waals surface area contributed by atoms with Crippen molar-refractivity contribution in [2.75, 3.05) is 0 Å². The van der Waals surface area contributed by atoms with Gasteiger partial charge in [0, 0.05) is 4.88 Å². The van der Waals surface area contributed by atoms with Crippen LogP contribution in [0.3, 0.4) is 0 Å². The number of rotatable bonds is 6. The smallest absolute Gasteiger partial charge is 0.306 e. The van der Waals surface area contributed by atoms with E-state index in [0.29, 0.717) is 10.2 Å². The summed E-state index contributed by atoms with van der Waals surface area (Å²) in [5, 5.41) is 25.1. The molecular formula is C14H15N5O4S. The third-order valence-electron chi connectivity index (χ3n) is 3.55. The van der Waals surface area contributed by atoms with E-state index in [1.807, 2.05) is 13.0 Å². The number of aromatic nitrogens is 4. The van der Waals surface area contributed by atoms with Crippen LogP contribution in [0.15, 0.2) is 29.6 Å². The molecule has 9 nitrogen and oxygen atoms in total. The zero-order valence-corrected chi connectivity index (χ0v) is 13.6. The number of hydrogen-bond acceptors (Lipinski definition) is 7. The van der Waals surface area contributed by atoms with E-state index in [1.54, 1.807) is 0 Å². The maximum Gasteiger partial charge on any atom is 0.306 e. The molecule has 0 aliphatic rings. The number of nitrogens with zero attached hydrogens (tertiary/aromatic N) is 5. The topological polar surface area (TPSA) is 116 Å². The average Bonchev–Trinajstić information content (AvgIpc) is 3.17. The average molecular weight is 349 g/mol. The lowest BCUT2D eigenvalue weighted by Crippen LogP contribution is -2.29. The van der Waals surface area contributed by atoms with Crippen molar-refractivity contribution >= 4 is 27.2 Å². The van der Waals surface area contributed by atoms with Gasteiger partial charge in [0.25, 0.3) is 5.56 Å². The van der Waals surface area contributed by atoms with Gasteiger partial charge in [0.2, 0.25) is 0 Å². The van der Waals surface area contributed by atoms with Crippen molar-refractivity contribution in [1.29, 1.82) is 0 Å². The monoisotopic (exact) mass is 349 g/mol. The predicted octanol–water partition coefficient (Wildman–Crippen LogP) is 1.19. The van der Waals surface area contributed by atoms with Crippen LogP contribution in [0.25, 0.3) is 10.2 Å². The highest BCUT2D eigenvalue weighted by atomic mass is 32.1. The Morgan fingerprint density at radius 1 is 1.46 bits per heavy atom. The second kappa shape index (κ2) is 6.49. The molecule has 0 saturated carbocycles. The Morgan fingerprint density at radius 3 is 2.92 bits per heavy atom. The molecule has 1 N–H and O–H groups in total. The number of thiophene rings is 1. The summed E-state index contributed by atoms with van der Waals surface area (Å²) in [5.41, 5.74) is -0.353. The molecule has 0 amide bonds. The third kappa shape index (κ3) is 3.19. The highest BCUT2D eigenvalue weighted by molar-refractivity contribution is 7.18. The van der Waals surface area contributed by atoms with Crippen LogP contribution in [0.5, 0.6) is 0 Å². The molecule has 0 aromatic carbocycles. The first-order valence-corrected chi connectivity index (χ1v) is 8.12. The normalized spacial score (nSPS) is 12.6. The minimum absolute atomic E-state index is 0.0345. The van der Waals surface area contributed by atoms with E-state index in [2.05, 4.69) is 10.1 Å². The summed E-state index contributed by atoms with van der Waals surface area (Å²) in [6.45, 7) is 2.09. The molecule has 0 aliphatic carbocycles. The fourth-order valence-corrected chi connectivity index (χ4v) is 3.29. The van der Waals surface area contributed by atoms with Gasteiger partial charge in [0.15, 0.2) is 0 Å². The van der Waals surface area contributed by atoms with Crippen LogP contribution in [0, 0.1) is 10.1 Å². The fourth-order valence-electron chi connectivity index (χ4n) is 2.36. The molecule has 0 fully saturated rings. The van der Waals surface area contributed by atoms with E-state index >= 15 is 0 Å². The van der Waals surface area contributed by atoms with Gasteiger partial charge in [0.1, 0.15) is 17.2 Å². The van der Waals surface area contributed by atoms with E-state index in [1.165, 1.54) is 33.1 Å². The van der Waals surface area contributed by atoms with Crippen LogP contribution >= 0.6 is 11.3 Å². The lowest BCUT2D eigenvalue weighted by molar-refractivity contribution is -0.385. The van der Waals surface area contributed by atoms with E-state index in [-0.39, 0.29) is 24.3 Å².